The number of carbonyl (C=O) groups is 1. The average Bonchev–Trinajstić information content (AvgIpc) is 2.51. The first-order valence-corrected chi connectivity index (χ1v) is 7.75. The zero-order chi connectivity index (χ0) is 16.8. The Morgan fingerprint density at radius 2 is 1.70 bits per heavy atom. The van der Waals surface area contributed by atoms with Gasteiger partial charge in [-0.15, -0.1) is 0 Å². The Morgan fingerprint density at radius 3 is 2.30 bits per heavy atom. The van der Waals surface area contributed by atoms with E-state index in [1.54, 1.807) is 0 Å². The van der Waals surface area contributed by atoms with E-state index < -0.39 is 6.10 Å². The lowest BCUT2D eigenvalue weighted by Gasteiger charge is -2.21. The van der Waals surface area contributed by atoms with Crippen molar-refractivity contribution >= 4 is 11.6 Å². The third kappa shape index (κ3) is 4.91. The number of likely N-dealkylation sites (N-methyl/N-ethyl adjacent to an activating group) is 1. The van der Waals surface area contributed by atoms with Crippen LogP contribution in [0.4, 0.5) is 5.69 Å². The predicted molar refractivity (Wildman–Crippen MR) is 93.4 cm³/mol. The molecule has 0 aromatic heterocycles. The summed E-state index contributed by atoms with van der Waals surface area (Å²) < 4.78 is 0. The van der Waals surface area contributed by atoms with Gasteiger partial charge < -0.3 is 10.4 Å². The standard InChI is InChI=1S/C19H24N2O2/c1-14-8-7-9-15(2)19(14)20-18(23)13-21(3)12-17(22)16-10-5-4-6-11-16/h4-11,17,22H,12-13H2,1-3H3,(H,20,23). The average molecular weight is 312 g/mol. The second-order valence-corrected chi connectivity index (χ2v) is 5.94. The monoisotopic (exact) mass is 312 g/mol. The number of amides is 1. The molecule has 0 saturated carbocycles. The smallest absolute Gasteiger partial charge is 0.238 e. The molecule has 4 heteroatoms. The maximum Gasteiger partial charge on any atom is 0.238 e. The first-order chi connectivity index (χ1) is 11.0. The number of rotatable bonds is 6. The van der Waals surface area contributed by atoms with Crippen molar-refractivity contribution in [3.05, 3.63) is 65.2 Å². The molecule has 0 heterocycles. The van der Waals surface area contributed by atoms with Gasteiger partial charge >= 0.3 is 0 Å². The SMILES string of the molecule is Cc1cccc(C)c1NC(=O)CN(C)CC(O)c1ccccc1. The number of para-hydroxylation sites is 1. The van der Waals surface area contributed by atoms with Crippen LogP contribution in [0.1, 0.15) is 22.8 Å². The summed E-state index contributed by atoms with van der Waals surface area (Å²) in [5.74, 6) is -0.0786. The molecule has 1 atom stereocenters. The number of nitrogens with zero attached hydrogens (tertiary/aromatic N) is 1. The zero-order valence-electron chi connectivity index (χ0n) is 13.9. The molecule has 0 fully saturated rings. The minimum Gasteiger partial charge on any atom is -0.387 e. The fourth-order valence-corrected chi connectivity index (χ4v) is 2.58. The molecule has 4 nitrogen and oxygen atoms in total. The quantitative estimate of drug-likeness (QED) is 0.862. The molecule has 1 unspecified atom stereocenters. The highest BCUT2D eigenvalue weighted by molar-refractivity contribution is 5.93. The summed E-state index contributed by atoms with van der Waals surface area (Å²) in [6, 6.07) is 15.4. The van der Waals surface area contributed by atoms with Gasteiger partial charge in [-0.3, -0.25) is 9.69 Å². The molecule has 0 saturated heterocycles. The Labute approximate surface area is 137 Å². The molecule has 0 aliphatic carbocycles. The highest BCUT2D eigenvalue weighted by atomic mass is 16.3. The molecule has 0 aliphatic rings. The lowest BCUT2D eigenvalue weighted by molar-refractivity contribution is -0.117. The summed E-state index contributed by atoms with van der Waals surface area (Å²) >= 11 is 0. The van der Waals surface area contributed by atoms with Crippen LogP contribution in [-0.2, 0) is 4.79 Å². The number of nitrogens with one attached hydrogen (secondary N) is 1. The van der Waals surface area contributed by atoms with Gasteiger partial charge in [0.25, 0.3) is 0 Å². The molecule has 2 aromatic carbocycles. The molecular formula is C19H24N2O2. The van der Waals surface area contributed by atoms with E-state index in [0.717, 1.165) is 22.4 Å². The largest absolute Gasteiger partial charge is 0.387 e. The highest BCUT2D eigenvalue weighted by Gasteiger charge is 2.14. The molecule has 0 aliphatic heterocycles. The number of anilines is 1. The fraction of sp³-hybridized carbons (Fsp3) is 0.316. The number of aryl methyl sites for hydroxylation is 2. The molecule has 0 radical (unpaired) electrons. The van der Waals surface area contributed by atoms with Gasteiger partial charge in [-0.05, 0) is 37.6 Å². The Bertz CT molecular complexity index is 635. The zero-order valence-corrected chi connectivity index (χ0v) is 13.9. The van der Waals surface area contributed by atoms with Gasteiger partial charge in [-0.25, -0.2) is 0 Å². The summed E-state index contributed by atoms with van der Waals surface area (Å²) in [4.78, 5) is 14.0. The van der Waals surface area contributed by atoms with Crippen molar-refractivity contribution in [2.45, 2.75) is 20.0 Å². The maximum absolute atomic E-state index is 12.2. The van der Waals surface area contributed by atoms with Crippen molar-refractivity contribution in [3.8, 4) is 0 Å². The number of hydrogen-bond acceptors (Lipinski definition) is 3. The van der Waals surface area contributed by atoms with Crippen LogP contribution in [-0.4, -0.2) is 36.1 Å². The molecule has 2 aromatic rings. The Balaban J connectivity index is 1.90. The number of aliphatic hydroxyl groups is 1. The lowest BCUT2D eigenvalue weighted by atomic mass is 10.1. The summed E-state index contributed by atoms with van der Waals surface area (Å²) in [6.07, 6.45) is -0.603. The van der Waals surface area contributed by atoms with Crippen LogP contribution in [0.15, 0.2) is 48.5 Å². The predicted octanol–water partition coefficient (Wildman–Crippen LogP) is 2.91. The number of benzene rings is 2. The van der Waals surface area contributed by atoms with E-state index in [4.69, 9.17) is 0 Å². The fourth-order valence-electron chi connectivity index (χ4n) is 2.58. The number of aliphatic hydroxyl groups excluding tert-OH is 1. The van der Waals surface area contributed by atoms with Crippen molar-refractivity contribution in [3.63, 3.8) is 0 Å². The lowest BCUT2D eigenvalue weighted by Crippen LogP contribution is -2.33. The van der Waals surface area contributed by atoms with Crippen LogP contribution >= 0.6 is 0 Å². The van der Waals surface area contributed by atoms with Gasteiger partial charge in [0.2, 0.25) is 5.91 Å². The van der Waals surface area contributed by atoms with E-state index in [9.17, 15) is 9.90 Å². The Hall–Kier alpha value is -2.17. The number of carbonyl (C=O) groups excluding carboxylic acids is 1. The molecule has 2 N–H and O–H groups in total. The van der Waals surface area contributed by atoms with Crippen LogP contribution in [0, 0.1) is 13.8 Å². The topological polar surface area (TPSA) is 52.6 Å². The van der Waals surface area contributed by atoms with Crippen molar-refractivity contribution < 1.29 is 9.90 Å². The number of hydrogen-bond donors (Lipinski definition) is 2. The van der Waals surface area contributed by atoms with E-state index in [-0.39, 0.29) is 12.5 Å². The van der Waals surface area contributed by atoms with Crippen molar-refractivity contribution in [2.24, 2.45) is 0 Å². The van der Waals surface area contributed by atoms with E-state index in [2.05, 4.69) is 5.32 Å². The van der Waals surface area contributed by atoms with E-state index in [0.29, 0.717) is 6.54 Å². The van der Waals surface area contributed by atoms with E-state index in [1.807, 2.05) is 74.3 Å². The molecular weight excluding hydrogens is 288 g/mol. The summed E-state index contributed by atoms with van der Waals surface area (Å²) in [6.45, 7) is 4.60. The molecule has 2 rings (SSSR count). The molecule has 23 heavy (non-hydrogen) atoms. The van der Waals surface area contributed by atoms with Gasteiger partial charge in [0, 0.05) is 12.2 Å². The van der Waals surface area contributed by atoms with Gasteiger partial charge in [0.05, 0.1) is 12.6 Å². The van der Waals surface area contributed by atoms with Crippen LogP contribution in [0.25, 0.3) is 0 Å². The van der Waals surface area contributed by atoms with Crippen molar-refractivity contribution in [2.75, 3.05) is 25.5 Å². The normalized spacial score (nSPS) is 12.2. The molecule has 0 bridgehead atoms. The maximum atomic E-state index is 12.2. The minimum absolute atomic E-state index is 0.0786. The summed E-state index contributed by atoms with van der Waals surface area (Å²) in [5.41, 5.74) is 3.82. The highest BCUT2D eigenvalue weighted by Crippen LogP contribution is 2.19. The van der Waals surface area contributed by atoms with Gasteiger partial charge in [0.1, 0.15) is 0 Å². The van der Waals surface area contributed by atoms with Crippen molar-refractivity contribution in [1.29, 1.82) is 0 Å². The van der Waals surface area contributed by atoms with Crippen LogP contribution in [0.2, 0.25) is 0 Å². The molecule has 122 valence electrons. The van der Waals surface area contributed by atoms with E-state index >= 15 is 0 Å². The van der Waals surface area contributed by atoms with Gasteiger partial charge in [-0.2, -0.15) is 0 Å². The van der Waals surface area contributed by atoms with Crippen LogP contribution in [0.3, 0.4) is 0 Å². The summed E-state index contributed by atoms with van der Waals surface area (Å²) in [5, 5.41) is 13.2. The van der Waals surface area contributed by atoms with Crippen molar-refractivity contribution in [1.82, 2.24) is 4.90 Å². The van der Waals surface area contributed by atoms with Crippen LogP contribution in [0.5, 0.6) is 0 Å². The second kappa shape index (κ2) is 7.90. The Kier molecular flexibility index (Phi) is 5.90. The Morgan fingerprint density at radius 1 is 1.09 bits per heavy atom. The first kappa shape index (κ1) is 17.2. The first-order valence-electron chi connectivity index (χ1n) is 7.75. The van der Waals surface area contributed by atoms with Gasteiger partial charge in [-0.1, -0.05) is 48.5 Å². The molecule has 1 amide bonds. The second-order valence-electron chi connectivity index (χ2n) is 5.94. The third-order valence-electron chi connectivity index (χ3n) is 3.83. The van der Waals surface area contributed by atoms with E-state index in [1.165, 1.54) is 0 Å². The minimum atomic E-state index is -0.603. The third-order valence-corrected chi connectivity index (χ3v) is 3.83. The van der Waals surface area contributed by atoms with Gasteiger partial charge in [0.15, 0.2) is 0 Å². The van der Waals surface area contributed by atoms with Crippen LogP contribution < -0.4 is 5.32 Å². The molecule has 0 spiro atoms. The summed E-state index contributed by atoms with van der Waals surface area (Å²) in [7, 11) is 1.83.